The molecule has 0 fully saturated rings. The fourth-order valence-corrected chi connectivity index (χ4v) is 2.63. The molecule has 0 N–H and O–H groups in total. The predicted octanol–water partition coefficient (Wildman–Crippen LogP) is 4.41. The summed E-state index contributed by atoms with van der Waals surface area (Å²) in [5, 5.41) is 3.25. The summed E-state index contributed by atoms with van der Waals surface area (Å²) in [6, 6.07) is 0. The topological polar surface area (TPSA) is 22.1 Å². The van der Waals surface area contributed by atoms with Crippen molar-refractivity contribution in [1.82, 2.24) is 4.98 Å². The highest BCUT2D eigenvalue weighted by Gasteiger charge is 2.00. The minimum atomic E-state index is 0.525. The number of unbranched alkanes of at least 4 members (excludes halogenated alkanes) is 3. The molecule has 1 heterocycles. The van der Waals surface area contributed by atoms with Crippen LogP contribution in [0.3, 0.4) is 0 Å². The normalized spacial score (nSPS) is 10.9. The Morgan fingerprint density at radius 1 is 1.24 bits per heavy atom. The fraction of sp³-hybridized carbons (Fsp3) is 0.769. The number of alkyl halides is 1. The van der Waals surface area contributed by atoms with Crippen LogP contribution in [0.4, 0.5) is 0 Å². The van der Waals surface area contributed by atoms with Crippen LogP contribution in [0.1, 0.15) is 49.7 Å². The third-order valence-corrected chi connectivity index (χ3v) is 3.79. The van der Waals surface area contributed by atoms with E-state index < -0.39 is 0 Å². The number of hydrogen-bond acceptors (Lipinski definition) is 3. The Balaban J connectivity index is 1.93. The first-order chi connectivity index (χ1) is 8.36. The van der Waals surface area contributed by atoms with Gasteiger partial charge in [-0.25, -0.2) is 4.98 Å². The van der Waals surface area contributed by atoms with Crippen molar-refractivity contribution in [2.24, 2.45) is 0 Å². The summed E-state index contributed by atoms with van der Waals surface area (Å²) in [5.74, 6) is 0.525. The molecule has 17 heavy (non-hydrogen) atoms. The minimum absolute atomic E-state index is 0.525. The van der Waals surface area contributed by atoms with Crippen LogP contribution >= 0.6 is 22.9 Å². The van der Waals surface area contributed by atoms with Crippen molar-refractivity contribution < 1.29 is 4.74 Å². The maximum Gasteiger partial charge on any atom is 0.0928 e. The zero-order chi connectivity index (χ0) is 12.3. The highest BCUT2D eigenvalue weighted by atomic mass is 35.5. The van der Waals surface area contributed by atoms with Crippen molar-refractivity contribution in [3.8, 4) is 0 Å². The molecule has 1 rings (SSSR count). The monoisotopic (exact) mass is 275 g/mol. The Kier molecular flexibility index (Phi) is 8.67. The van der Waals surface area contributed by atoms with Gasteiger partial charge in [0.05, 0.1) is 16.6 Å². The summed E-state index contributed by atoms with van der Waals surface area (Å²) in [5.41, 5.74) is 1.00. The van der Waals surface area contributed by atoms with E-state index in [1.165, 1.54) is 24.3 Å². The van der Waals surface area contributed by atoms with Gasteiger partial charge in [0.15, 0.2) is 0 Å². The van der Waals surface area contributed by atoms with E-state index in [9.17, 15) is 0 Å². The molecule has 0 bridgehead atoms. The van der Waals surface area contributed by atoms with Crippen molar-refractivity contribution >= 4 is 22.9 Å². The van der Waals surface area contributed by atoms with E-state index in [1.807, 2.05) is 5.38 Å². The number of halogens is 1. The van der Waals surface area contributed by atoms with Gasteiger partial charge in [0.1, 0.15) is 0 Å². The molecule has 1 aromatic heterocycles. The second-order valence-electron chi connectivity index (χ2n) is 4.14. The first-order valence-electron chi connectivity index (χ1n) is 6.43. The van der Waals surface area contributed by atoms with E-state index in [2.05, 4.69) is 11.9 Å². The zero-order valence-corrected chi connectivity index (χ0v) is 12.2. The maximum atomic E-state index is 5.71. The number of nitrogens with zero attached hydrogens (tertiary/aromatic N) is 1. The third-order valence-electron chi connectivity index (χ3n) is 2.56. The Labute approximate surface area is 113 Å². The molecule has 4 heteroatoms. The second kappa shape index (κ2) is 9.86. The number of aromatic nitrogens is 1. The molecule has 0 amide bonds. The number of aryl methyl sites for hydroxylation is 1. The van der Waals surface area contributed by atoms with E-state index in [4.69, 9.17) is 16.3 Å². The van der Waals surface area contributed by atoms with E-state index in [0.717, 1.165) is 38.2 Å². The van der Waals surface area contributed by atoms with Crippen LogP contribution in [0.25, 0.3) is 0 Å². The van der Waals surface area contributed by atoms with Crippen LogP contribution in [0.5, 0.6) is 0 Å². The van der Waals surface area contributed by atoms with Crippen molar-refractivity contribution in [1.29, 1.82) is 0 Å². The molecule has 0 aliphatic carbocycles. The van der Waals surface area contributed by atoms with Crippen molar-refractivity contribution in [2.75, 3.05) is 13.2 Å². The van der Waals surface area contributed by atoms with E-state index >= 15 is 0 Å². The van der Waals surface area contributed by atoms with E-state index in [0.29, 0.717) is 5.88 Å². The van der Waals surface area contributed by atoms with E-state index in [-0.39, 0.29) is 0 Å². The summed E-state index contributed by atoms with van der Waals surface area (Å²) in [7, 11) is 0. The van der Waals surface area contributed by atoms with Gasteiger partial charge in [0, 0.05) is 18.6 Å². The summed E-state index contributed by atoms with van der Waals surface area (Å²) in [6.07, 6.45) is 7.07. The Morgan fingerprint density at radius 3 is 2.65 bits per heavy atom. The van der Waals surface area contributed by atoms with Gasteiger partial charge in [-0.2, -0.15) is 0 Å². The number of rotatable bonds is 10. The molecule has 0 saturated heterocycles. The van der Waals surface area contributed by atoms with Crippen LogP contribution in [-0.4, -0.2) is 18.2 Å². The van der Waals surface area contributed by atoms with Gasteiger partial charge in [0.25, 0.3) is 0 Å². The lowest BCUT2D eigenvalue weighted by Crippen LogP contribution is -1.97. The largest absolute Gasteiger partial charge is 0.381 e. The van der Waals surface area contributed by atoms with Crippen molar-refractivity contribution in [2.45, 2.75) is 51.3 Å². The van der Waals surface area contributed by atoms with Crippen LogP contribution in [0, 0.1) is 0 Å². The molecular formula is C13H22ClNOS. The third kappa shape index (κ3) is 7.02. The lowest BCUT2D eigenvalue weighted by Gasteiger charge is -2.02. The van der Waals surface area contributed by atoms with Crippen molar-refractivity contribution in [3.63, 3.8) is 0 Å². The van der Waals surface area contributed by atoms with Gasteiger partial charge >= 0.3 is 0 Å². The molecule has 0 saturated carbocycles. The van der Waals surface area contributed by atoms with Crippen molar-refractivity contribution in [3.05, 3.63) is 16.1 Å². The number of thiazole rings is 1. The molecule has 0 aliphatic heterocycles. The molecule has 2 nitrogen and oxygen atoms in total. The molecule has 0 aliphatic rings. The molecular weight excluding hydrogens is 254 g/mol. The van der Waals surface area contributed by atoms with E-state index in [1.54, 1.807) is 11.3 Å². The lowest BCUT2D eigenvalue weighted by atomic mass is 10.2. The standard InChI is InChI=1S/C13H22ClNOS/c1-2-3-5-8-16-9-6-4-7-13-15-12(10-14)11-17-13/h11H,2-10H2,1H3. The zero-order valence-electron chi connectivity index (χ0n) is 10.6. The quantitative estimate of drug-likeness (QED) is 0.466. The first kappa shape index (κ1) is 14.9. The van der Waals surface area contributed by atoms with Gasteiger partial charge in [-0.05, 0) is 25.7 Å². The molecule has 0 atom stereocenters. The average molecular weight is 276 g/mol. The summed E-state index contributed by atoms with van der Waals surface area (Å²) in [4.78, 5) is 4.43. The molecule has 1 aromatic rings. The number of ether oxygens (including phenoxy) is 1. The summed E-state index contributed by atoms with van der Waals surface area (Å²) >= 11 is 7.42. The number of hydrogen-bond donors (Lipinski definition) is 0. The van der Waals surface area contributed by atoms with Crippen LogP contribution < -0.4 is 0 Å². The maximum absolute atomic E-state index is 5.71. The van der Waals surface area contributed by atoms with Crippen LogP contribution in [-0.2, 0) is 17.0 Å². The fourth-order valence-electron chi connectivity index (χ4n) is 1.56. The smallest absolute Gasteiger partial charge is 0.0928 e. The molecule has 98 valence electrons. The SMILES string of the molecule is CCCCCOCCCCc1nc(CCl)cs1. The molecule has 0 spiro atoms. The molecule has 0 unspecified atom stereocenters. The predicted molar refractivity (Wildman–Crippen MR) is 75.0 cm³/mol. The summed E-state index contributed by atoms with van der Waals surface area (Å²) in [6.45, 7) is 4.02. The van der Waals surface area contributed by atoms with Gasteiger partial charge in [-0.3, -0.25) is 0 Å². The van der Waals surface area contributed by atoms with Crippen LogP contribution in [0.15, 0.2) is 5.38 Å². The highest BCUT2D eigenvalue weighted by molar-refractivity contribution is 7.09. The highest BCUT2D eigenvalue weighted by Crippen LogP contribution is 2.14. The Hall–Kier alpha value is -0.120. The second-order valence-corrected chi connectivity index (χ2v) is 5.35. The van der Waals surface area contributed by atoms with Gasteiger partial charge in [-0.1, -0.05) is 19.8 Å². The van der Waals surface area contributed by atoms with Gasteiger partial charge in [-0.15, -0.1) is 22.9 Å². The first-order valence-corrected chi connectivity index (χ1v) is 7.85. The van der Waals surface area contributed by atoms with Crippen LogP contribution in [0.2, 0.25) is 0 Å². The Morgan fingerprint density at radius 2 is 2.00 bits per heavy atom. The minimum Gasteiger partial charge on any atom is -0.381 e. The van der Waals surface area contributed by atoms with Gasteiger partial charge in [0.2, 0.25) is 0 Å². The molecule has 0 aromatic carbocycles. The van der Waals surface area contributed by atoms with Gasteiger partial charge < -0.3 is 4.74 Å². The molecule has 0 radical (unpaired) electrons. The Bertz CT molecular complexity index is 291. The lowest BCUT2D eigenvalue weighted by molar-refractivity contribution is 0.126. The summed E-state index contributed by atoms with van der Waals surface area (Å²) < 4.78 is 5.56. The average Bonchev–Trinajstić information content (AvgIpc) is 2.80.